The van der Waals surface area contributed by atoms with Crippen molar-refractivity contribution < 1.29 is 9.90 Å². The van der Waals surface area contributed by atoms with Crippen LogP contribution in [0.4, 0.5) is 5.69 Å². The summed E-state index contributed by atoms with van der Waals surface area (Å²) < 4.78 is 1.70. The minimum absolute atomic E-state index is 0.0631. The third kappa shape index (κ3) is 2.04. The number of carbonyl (C=O) groups is 1. The monoisotopic (exact) mass is 223 g/mol. The lowest BCUT2D eigenvalue weighted by atomic mass is 10.1. The molecule has 0 aliphatic heterocycles. The van der Waals surface area contributed by atoms with Crippen molar-refractivity contribution in [1.29, 1.82) is 0 Å². The van der Waals surface area contributed by atoms with E-state index >= 15 is 0 Å². The largest absolute Gasteiger partial charge is 0.397 e. The van der Waals surface area contributed by atoms with Gasteiger partial charge in [-0.3, -0.25) is 4.79 Å². The Bertz CT molecular complexity index is 407. The minimum Gasteiger partial charge on any atom is -0.397 e. The zero-order chi connectivity index (χ0) is 11.8. The van der Waals surface area contributed by atoms with Gasteiger partial charge in [-0.1, -0.05) is 0 Å². The number of aliphatic hydroxyl groups excluding tert-OH is 1. The van der Waals surface area contributed by atoms with Crippen LogP contribution < -0.4 is 11.1 Å². The molecule has 1 amide bonds. The van der Waals surface area contributed by atoms with Crippen molar-refractivity contribution in [2.24, 2.45) is 12.5 Å². The van der Waals surface area contributed by atoms with E-state index in [1.165, 1.54) is 0 Å². The summed E-state index contributed by atoms with van der Waals surface area (Å²) >= 11 is 0. The van der Waals surface area contributed by atoms with Crippen molar-refractivity contribution in [1.82, 2.24) is 9.88 Å². The van der Waals surface area contributed by atoms with E-state index in [4.69, 9.17) is 10.8 Å². The predicted molar refractivity (Wildman–Crippen MR) is 60.9 cm³/mol. The van der Waals surface area contributed by atoms with Crippen LogP contribution in [0.2, 0.25) is 0 Å². The Morgan fingerprint density at radius 3 is 2.81 bits per heavy atom. The highest BCUT2D eigenvalue weighted by Gasteiger charge is 2.42. The molecule has 5 heteroatoms. The van der Waals surface area contributed by atoms with Crippen LogP contribution in [0.3, 0.4) is 0 Å². The van der Waals surface area contributed by atoms with Crippen LogP contribution in [-0.2, 0) is 7.05 Å². The third-order valence-electron chi connectivity index (χ3n) is 3.18. The van der Waals surface area contributed by atoms with Gasteiger partial charge >= 0.3 is 0 Å². The molecule has 5 nitrogen and oxygen atoms in total. The van der Waals surface area contributed by atoms with Gasteiger partial charge in [0.25, 0.3) is 5.91 Å². The average molecular weight is 223 g/mol. The molecule has 2 rings (SSSR count). The van der Waals surface area contributed by atoms with Gasteiger partial charge in [0.05, 0.1) is 12.3 Å². The first kappa shape index (κ1) is 11.0. The first-order valence-electron chi connectivity index (χ1n) is 5.37. The minimum atomic E-state index is -0.140. The number of amides is 1. The molecule has 1 heterocycles. The number of nitrogen functional groups attached to an aromatic ring is 1. The molecule has 1 saturated carbocycles. The van der Waals surface area contributed by atoms with Crippen LogP contribution in [0.15, 0.2) is 12.3 Å². The topological polar surface area (TPSA) is 80.3 Å². The number of rotatable bonds is 4. The lowest BCUT2D eigenvalue weighted by Gasteiger charge is -2.12. The Labute approximate surface area is 94.2 Å². The molecule has 0 saturated heterocycles. The van der Waals surface area contributed by atoms with Gasteiger partial charge in [0.15, 0.2) is 0 Å². The van der Waals surface area contributed by atoms with E-state index in [-0.39, 0.29) is 17.9 Å². The first-order chi connectivity index (χ1) is 7.56. The van der Waals surface area contributed by atoms with Gasteiger partial charge in [0.1, 0.15) is 5.69 Å². The molecule has 0 atom stereocenters. The van der Waals surface area contributed by atoms with E-state index in [1.807, 2.05) is 0 Å². The number of carbonyl (C=O) groups excluding carboxylic acids is 1. The van der Waals surface area contributed by atoms with E-state index in [1.54, 1.807) is 23.9 Å². The van der Waals surface area contributed by atoms with Gasteiger partial charge < -0.3 is 20.7 Å². The van der Waals surface area contributed by atoms with Crippen molar-refractivity contribution in [2.45, 2.75) is 12.8 Å². The summed E-state index contributed by atoms with van der Waals surface area (Å²) in [5, 5.41) is 12.0. The van der Waals surface area contributed by atoms with E-state index < -0.39 is 0 Å². The second-order valence-electron chi connectivity index (χ2n) is 4.61. The maximum Gasteiger partial charge on any atom is 0.267 e. The van der Waals surface area contributed by atoms with E-state index in [0.717, 1.165) is 12.8 Å². The van der Waals surface area contributed by atoms with E-state index in [9.17, 15) is 4.79 Å². The second kappa shape index (κ2) is 3.83. The fourth-order valence-electron chi connectivity index (χ4n) is 1.74. The van der Waals surface area contributed by atoms with Crippen molar-refractivity contribution in [2.75, 3.05) is 18.9 Å². The highest BCUT2D eigenvalue weighted by Crippen LogP contribution is 2.44. The Morgan fingerprint density at radius 1 is 1.69 bits per heavy atom. The lowest BCUT2D eigenvalue weighted by Crippen LogP contribution is -2.32. The van der Waals surface area contributed by atoms with Crippen molar-refractivity contribution >= 4 is 11.6 Å². The predicted octanol–water partition coefficient (Wildman–Crippen LogP) is 0.110. The standard InChI is InChI=1S/C11H17N3O2/c1-14-5-8(12)4-9(14)10(16)13-6-11(7-15)2-3-11/h4-5,15H,2-3,6-7,12H2,1H3,(H,13,16). The zero-order valence-corrected chi connectivity index (χ0v) is 9.36. The average Bonchev–Trinajstić information content (AvgIpc) is 2.96. The summed E-state index contributed by atoms with van der Waals surface area (Å²) in [5.41, 5.74) is 6.66. The van der Waals surface area contributed by atoms with Crippen LogP contribution in [0.1, 0.15) is 23.3 Å². The lowest BCUT2D eigenvalue weighted by molar-refractivity contribution is 0.0927. The number of nitrogens with one attached hydrogen (secondary N) is 1. The zero-order valence-electron chi connectivity index (χ0n) is 9.36. The number of aromatic nitrogens is 1. The quantitative estimate of drug-likeness (QED) is 0.677. The summed E-state index contributed by atoms with van der Waals surface area (Å²) in [6.45, 7) is 0.677. The van der Waals surface area contributed by atoms with Crippen LogP contribution >= 0.6 is 0 Å². The fourth-order valence-corrected chi connectivity index (χ4v) is 1.74. The molecule has 0 radical (unpaired) electrons. The highest BCUT2D eigenvalue weighted by molar-refractivity contribution is 5.93. The van der Waals surface area contributed by atoms with Crippen molar-refractivity contribution in [3.8, 4) is 0 Å². The molecule has 0 unspecified atom stereocenters. The van der Waals surface area contributed by atoms with Gasteiger partial charge in [0.2, 0.25) is 0 Å². The van der Waals surface area contributed by atoms with Gasteiger partial charge in [-0.05, 0) is 18.9 Å². The highest BCUT2D eigenvalue weighted by atomic mass is 16.3. The fraction of sp³-hybridized carbons (Fsp3) is 0.545. The number of nitrogens with zero attached hydrogens (tertiary/aromatic N) is 1. The number of hydrogen-bond donors (Lipinski definition) is 3. The molecular weight excluding hydrogens is 206 g/mol. The molecule has 0 aromatic carbocycles. The normalized spacial score (nSPS) is 17.1. The molecular formula is C11H17N3O2. The van der Waals surface area contributed by atoms with Crippen molar-refractivity contribution in [3.63, 3.8) is 0 Å². The number of anilines is 1. The SMILES string of the molecule is Cn1cc(N)cc1C(=O)NCC1(CO)CC1. The van der Waals surface area contributed by atoms with Crippen LogP contribution in [-0.4, -0.2) is 28.7 Å². The molecule has 1 aliphatic rings. The van der Waals surface area contributed by atoms with Crippen LogP contribution in [0.5, 0.6) is 0 Å². The Kier molecular flexibility index (Phi) is 2.63. The number of aryl methyl sites for hydroxylation is 1. The van der Waals surface area contributed by atoms with E-state index in [2.05, 4.69) is 5.32 Å². The van der Waals surface area contributed by atoms with Crippen molar-refractivity contribution in [3.05, 3.63) is 18.0 Å². The van der Waals surface area contributed by atoms with Gasteiger partial charge in [0, 0.05) is 25.2 Å². The molecule has 1 aromatic rings. The van der Waals surface area contributed by atoms with Gasteiger partial charge in [-0.25, -0.2) is 0 Å². The Balaban J connectivity index is 1.96. The molecule has 1 fully saturated rings. The molecule has 4 N–H and O–H groups in total. The summed E-state index contributed by atoms with van der Waals surface area (Å²) in [6.07, 6.45) is 3.67. The number of nitrogens with two attached hydrogens (primary N) is 1. The Morgan fingerprint density at radius 2 is 2.38 bits per heavy atom. The maximum atomic E-state index is 11.8. The molecule has 1 aliphatic carbocycles. The number of hydrogen-bond acceptors (Lipinski definition) is 3. The molecule has 1 aromatic heterocycles. The summed E-state index contributed by atoms with van der Waals surface area (Å²) in [5.74, 6) is -0.140. The summed E-state index contributed by atoms with van der Waals surface area (Å²) in [6, 6.07) is 1.65. The molecule has 88 valence electrons. The van der Waals surface area contributed by atoms with Gasteiger partial charge in [-0.2, -0.15) is 0 Å². The third-order valence-corrected chi connectivity index (χ3v) is 3.18. The molecule has 0 spiro atoms. The summed E-state index contributed by atoms with van der Waals surface area (Å²) in [4.78, 5) is 11.8. The van der Waals surface area contributed by atoms with E-state index in [0.29, 0.717) is 17.9 Å². The summed E-state index contributed by atoms with van der Waals surface area (Å²) in [7, 11) is 1.78. The second-order valence-corrected chi connectivity index (χ2v) is 4.61. The first-order valence-corrected chi connectivity index (χ1v) is 5.37. The van der Waals surface area contributed by atoms with Crippen LogP contribution in [0, 0.1) is 5.41 Å². The maximum absolute atomic E-state index is 11.8. The van der Waals surface area contributed by atoms with Gasteiger partial charge in [-0.15, -0.1) is 0 Å². The molecule has 16 heavy (non-hydrogen) atoms. The Hall–Kier alpha value is -1.49. The molecule has 0 bridgehead atoms. The number of aliphatic hydroxyl groups is 1. The smallest absolute Gasteiger partial charge is 0.267 e. The van der Waals surface area contributed by atoms with Crippen LogP contribution in [0.25, 0.3) is 0 Å².